The van der Waals surface area contributed by atoms with Gasteiger partial charge in [0.15, 0.2) is 10.1 Å². The van der Waals surface area contributed by atoms with Crippen LogP contribution in [0.2, 0.25) is 0 Å². The summed E-state index contributed by atoms with van der Waals surface area (Å²) in [6, 6.07) is 9.69. The maximum absolute atomic E-state index is 12.0. The Balaban J connectivity index is 2.26. The van der Waals surface area contributed by atoms with Gasteiger partial charge in [0, 0.05) is 7.05 Å². The topological polar surface area (TPSA) is 72.7 Å². The van der Waals surface area contributed by atoms with Crippen LogP contribution in [-0.4, -0.2) is 19.3 Å². The normalized spacial score (nSPS) is 11.1. The number of nitrogens with zero attached hydrogens (tertiary/aromatic N) is 3. The quantitative estimate of drug-likeness (QED) is 0.766. The van der Waals surface area contributed by atoms with Gasteiger partial charge in [0.25, 0.3) is 5.56 Å². The number of hydrogen-bond donors (Lipinski definition) is 1. The first-order chi connectivity index (χ1) is 9.58. The van der Waals surface area contributed by atoms with Crippen molar-refractivity contribution in [2.75, 3.05) is 0 Å². The molecule has 0 aliphatic carbocycles. The highest BCUT2D eigenvalue weighted by molar-refractivity contribution is 9.10. The molecule has 0 aliphatic rings. The van der Waals surface area contributed by atoms with Crippen LogP contribution in [0.25, 0.3) is 11.0 Å². The monoisotopic (exact) mass is 334 g/mol. The number of fused-ring (bicyclic) bond motifs is 1. The average Bonchev–Trinajstić information content (AvgIpc) is 2.74. The SMILES string of the molecule is Cn1c(=O)[nH]c(=O)c2c1c(Br)nn2Cc1ccccc1. The number of halogens is 1. The zero-order chi connectivity index (χ0) is 14.3. The molecular weight excluding hydrogens is 324 g/mol. The van der Waals surface area contributed by atoms with E-state index in [1.807, 2.05) is 30.3 Å². The van der Waals surface area contributed by atoms with E-state index in [1.54, 1.807) is 11.7 Å². The largest absolute Gasteiger partial charge is 0.328 e. The van der Waals surface area contributed by atoms with Gasteiger partial charge in [-0.1, -0.05) is 30.3 Å². The minimum atomic E-state index is -0.456. The van der Waals surface area contributed by atoms with Crippen LogP contribution in [-0.2, 0) is 13.6 Å². The Morgan fingerprint density at radius 2 is 1.90 bits per heavy atom. The van der Waals surface area contributed by atoms with Gasteiger partial charge in [0.2, 0.25) is 0 Å². The van der Waals surface area contributed by atoms with Gasteiger partial charge < -0.3 is 0 Å². The van der Waals surface area contributed by atoms with E-state index in [1.165, 1.54) is 4.57 Å². The molecule has 102 valence electrons. The van der Waals surface area contributed by atoms with Gasteiger partial charge in [-0.15, -0.1) is 0 Å². The Morgan fingerprint density at radius 3 is 2.60 bits per heavy atom. The van der Waals surface area contributed by atoms with Crippen LogP contribution < -0.4 is 11.2 Å². The second-order valence-electron chi connectivity index (χ2n) is 4.45. The zero-order valence-electron chi connectivity index (χ0n) is 10.6. The van der Waals surface area contributed by atoms with E-state index in [-0.39, 0.29) is 0 Å². The fourth-order valence-corrected chi connectivity index (χ4v) is 2.80. The van der Waals surface area contributed by atoms with E-state index in [4.69, 9.17) is 0 Å². The summed E-state index contributed by atoms with van der Waals surface area (Å²) in [4.78, 5) is 25.9. The molecule has 0 saturated carbocycles. The highest BCUT2D eigenvalue weighted by Crippen LogP contribution is 2.19. The van der Waals surface area contributed by atoms with E-state index in [0.717, 1.165) is 5.56 Å². The van der Waals surface area contributed by atoms with E-state index in [9.17, 15) is 9.59 Å². The Labute approximate surface area is 121 Å². The highest BCUT2D eigenvalue weighted by Gasteiger charge is 2.16. The van der Waals surface area contributed by atoms with E-state index in [0.29, 0.717) is 22.2 Å². The third-order valence-corrected chi connectivity index (χ3v) is 3.67. The lowest BCUT2D eigenvalue weighted by atomic mass is 10.2. The number of rotatable bonds is 2. The second-order valence-corrected chi connectivity index (χ2v) is 5.20. The van der Waals surface area contributed by atoms with Crippen LogP contribution in [0.4, 0.5) is 0 Å². The molecule has 0 radical (unpaired) electrons. The molecule has 7 heteroatoms. The maximum Gasteiger partial charge on any atom is 0.328 e. The third-order valence-electron chi connectivity index (χ3n) is 3.14. The van der Waals surface area contributed by atoms with Crippen molar-refractivity contribution >= 4 is 27.0 Å². The lowest BCUT2D eigenvalue weighted by Crippen LogP contribution is -2.29. The third kappa shape index (κ3) is 2.00. The smallest absolute Gasteiger partial charge is 0.292 e. The fourth-order valence-electron chi connectivity index (χ4n) is 2.16. The molecule has 0 fully saturated rings. The summed E-state index contributed by atoms with van der Waals surface area (Å²) >= 11 is 3.31. The van der Waals surface area contributed by atoms with Crippen molar-refractivity contribution in [3.05, 3.63) is 61.3 Å². The van der Waals surface area contributed by atoms with Gasteiger partial charge in [-0.25, -0.2) is 4.79 Å². The summed E-state index contributed by atoms with van der Waals surface area (Å²) in [7, 11) is 1.60. The molecule has 2 heterocycles. The van der Waals surface area contributed by atoms with Crippen molar-refractivity contribution in [3.8, 4) is 0 Å². The molecule has 0 amide bonds. The van der Waals surface area contributed by atoms with Crippen LogP contribution in [0, 0.1) is 0 Å². The molecule has 0 saturated heterocycles. The van der Waals surface area contributed by atoms with Crippen LogP contribution in [0.5, 0.6) is 0 Å². The molecular formula is C13H11BrN4O2. The summed E-state index contributed by atoms with van der Waals surface area (Å²) < 4.78 is 3.44. The van der Waals surface area contributed by atoms with Gasteiger partial charge >= 0.3 is 5.69 Å². The number of benzene rings is 1. The molecule has 6 nitrogen and oxygen atoms in total. The van der Waals surface area contributed by atoms with Crippen LogP contribution >= 0.6 is 15.9 Å². The van der Waals surface area contributed by atoms with Crippen molar-refractivity contribution in [2.24, 2.45) is 7.05 Å². The summed E-state index contributed by atoms with van der Waals surface area (Å²) in [5.41, 5.74) is 1.01. The zero-order valence-corrected chi connectivity index (χ0v) is 12.2. The standard InChI is InChI=1S/C13H11BrN4O2/c1-17-9-10(12(19)15-13(17)20)18(16-11(9)14)7-8-5-3-2-4-6-8/h2-6H,7H2,1H3,(H,15,19,20). The summed E-state index contributed by atoms with van der Waals surface area (Å²) in [6.07, 6.45) is 0. The summed E-state index contributed by atoms with van der Waals surface area (Å²) in [5, 5.41) is 4.30. The van der Waals surface area contributed by atoms with E-state index >= 15 is 0 Å². The predicted molar refractivity (Wildman–Crippen MR) is 78.8 cm³/mol. The first kappa shape index (κ1) is 12.9. The van der Waals surface area contributed by atoms with Gasteiger partial charge in [0.1, 0.15) is 5.52 Å². The molecule has 0 spiro atoms. The van der Waals surface area contributed by atoms with E-state index < -0.39 is 11.2 Å². The highest BCUT2D eigenvalue weighted by atomic mass is 79.9. The molecule has 0 bridgehead atoms. The lowest BCUT2D eigenvalue weighted by molar-refractivity contribution is 0.702. The molecule has 0 aliphatic heterocycles. The molecule has 1 N–H and O–H groups in total. The molecule has 2 aromatic heterocycles. The van der Waals surface area contributed by atoms with Crippen molar-refractivity contribution in [2.45, 2.75) is 6.54 Å². The second kappa shape index (κ2) is 4.75. The van der Waals surface area contributed by atoms with Crippen LogP contribution in [0.3, 0.4) is 0 Å². The van der Waals surface area contributed by atoms with E-state index in [2.05, 4.69) is 26.0 Å². The van der Waals surface area contributed by atoms with Crippen molar-refractivity contribution < 1.29 is 0 Å². The fraction of sp³-hybridized carbons (Fsp3) is 0.154. The Bertz CT molecular complexity index is 892. The van der Waals surface area contributed by atoms with Gasteiger partial charge in [-0.05, 0) is 21.5 Å². The summed E-state index contributed by atoms with van der Waals surface area (Å²) in [6.45, 7) is 0.463. The number of H-pyrrole nitrogens is 1. The first-order valence-corrected chi connectivity index (χ1v) is 6.76. The molecule has 0 atom stereocenters. The lowest BCUT2D eigenvalue weighted by Gasteiger charge is -2.03. The van der Waals surface area contributed by atoms with Gasteiger partial charge in [-0.2, -0.15) is 5.10 Å². The Kier molecular flexibility index (Phi) is 3.06. The Morgan fingerprint density at radius 1 is 1.20 bits per heavy atom. The van der Waals surface area contributed by atoms with Crippen LogP contribution in [0.15, 0.2) is 44.5 Å². The first-order valence-electron chi connectivity index (χ1n) is 5.97. The maximum atomic E-state index is 12.0. The molecule has 1 aromatic carbocycles. The minimum Gasteiger partial charge on any atom is -0.292 e. The molecule has 3 rings (SSSR count). The number of hydrogen-bond acceptors (Lipinski definition) is 3. The predicted octanol–water partition coefficient (Wildman–Crippen LogP) is 1.23. The molecule has 3 aromatic rings. The molecule has 0 unspecified atom stereocenters. The Hall–Kier alpha value is -2.15. The van der Waals surface area contributed by atoms with Crippen molar-refractivity contribution in [1.29, 1.82) is 0 Å². The average molecular weight is 335 g/mol. The number of nitrogens with one attached hydrogen (secondary N) is 1. The van der Waals surface area contributed by atoms with Crippen molar-refractivity contribution in [1.82, 2.24) is 19.3 Å². The number of aromatic amines is 1. The number of aromatic nitrogens is 4. The van der Waals surface area contributed by atoms with Gasteiger partial charge in [-0.3, -0.25) is 19.0 Å². The number of aryl methyl sites for hydroxylation is 1. The van der Waals surface area contributed by atoms with Crippen LogP contribution in [0.1, 0.15) is 5.56 Å². The minimum absolute atomic E-state index is 0.378. The van der Waals surface area contributed by atoms with Gasteiger partial charge in [0.05, 0.1) is 6.54 Å². The van der Waals surface area contributed by atoms with Crippen molar-refractivity contribution in [3.63, 3.8) is 0 Å². The molecule has 20 heavy (non-hydrogen) atoms. The summed E-state index contributed by atoms with van der Waals surface area (Å²) in [5.74, 6) is 0.